The molecule has 0 spiro atoms. The molecule has 0 aliphatic carbocycles. The van der Waals surface area contributed by atoms with Crippen LogP contribution in [0.25, 0.3) is 0 Å². The third-order valence-electron chi connectivity index (χ3n) is 3.63. The van der Waals surface area contributed by atoms with Gasteiger partial charge in [-0.1, -0.05) is 17.7 Å². The second-order valence-corrected chi connectivity index (χ2v) is 5.78. The molecule has 3 rings (SSSR count). The van der Waals surface area contributed by atoms with Crippen LogP contribution in [0.3, 0.4) is 0 Å². The molecule has 126 valence electrons. The molecule has 0 bridgehead atoms. The average molecular weight is 354 g/mol. The molecule has 0 aliphatic heterocycles. The number of benzene rings is 1. The zero-order chi connectivity index (χ0) is 17.6. The minimum atomic E-state index is -0.286. The molecular weight excluding hydrogens is 338 g/mol. The number of carbonyl (C=O) groups excluding carboxylic acids is 1. The van der Waals surface area contributed by atoms with E-state index in [2.05, 4.69) is 25.6 Å². The van der Waals surface area contributed by atoms with Gasteiger partial charge in [-0.05, 0) is 42.3 Å². The maximum Gasteiger partial charge on any atom is 0.258 e. The van der Waals surface area contributed by atoms with Crippen LogP contribution in [0.2, 0.25) is 5.02 Å². The SMILES string of the molecule is Cc1c(Cl)cccc1NC(=O)c1cnc(NCc2ccncc2)nc1. The van der Waals surface area contributed by atoms with Crippen molar-refractivity contribution in [3.8, 4) is 0 Å². The van der Waals surface area contributed by atoms with Crippen molar-refractivity contribution >= 4 is 29.1 Å². The van der Waals surface area contributed by atoms with Crippen molar-refractivity contribution in [2.45, 2.75) is 13.5 Å². The highest BCUT2D eigenvalue weighted by molar-refractivity contribution is 6.31. The molecule has 0 fully saturated rings. The molecular formula is C18H16ClN5O. The highest BCUT2D eigenvalue weighted by atomic mass is 35.5. The van der Waals surface area contributed by atoms with Gasteiger partial charge in [0.25, 0.3) is 5.91 Å². The lowest BCUT2D eigenvalue weighted by Crippen LogP contribution is -2.14. The van der Waals surface area contributed by atoms with E-state index in [9.17, 15) is 4.79 Å². The Morgan fingerprint density at radius 1 is 1.12 bits per heavy atom. The van der Waals surface area contributed by atoms with Crippen molar-refractivity contribution in [3.05, 3.63) is 76.8 Å². The van der Waals surface area contributed by atoms with Crippen molar-refractivity contribution in [3.63, 3.8) is 0 Å². The number of carbonyl (C=O) groups is 1. The average Bonchev–Trinajstić information content (AvgIpc) is 2.65. The molecule has 6 nitrogen and oxygen atoms in total. The van der Waals surface area contributed by atoms with Gasteiger partial charge in [-0.2, -0.15) is 0 Å². The largest absolute Gasteiger partial charge is 0.350 e. The van der Waals surface area contributed by atoms with Crippen LogP contribution < -0.4 is 10.6 Å². The summed E-state index contributed by atoms with van der Waals surface area (Å²) in [5, 5.41) is 6.51. The van der Waals surface area contributed by atoms with Crippen LogP contribution in [0.1, 0.15) is 21.5 Å². The summed E-state index contributed by atoms with van der Waals surface area (Å²) in [7, 11) is 0. The Balaban J connectivity index is 1.63. The fourth-order valence-corrected chi connectivity index (χ4v) is 2.33. The molecule has 0 saturated carbocycles. The van der Waals surface area contributed by atoms with Gasteiger partial charge < -0.3 is 10.6 Å². The first kappa shape index (κ1) is 16.9. The van der Waals surface area contributed by atoms with E-state index in [0.29, 0.717) is 28.8 Å². The first-order chi connectivity index (χ1) is 12.1. The number of nitrogens with zero attached hydrogens (tertiary/aromatic N) is 3. The van der Waals surface area contributed by atoms with E-state index in [0.717, 1.165) is 11.1 Å². The number of nitrogens with one attached hydrogen (secondary N) is 2. The second-order valence-electron chi connectivity index (χ2n) is 5.37. The van der Waals surface area contributed by atoms with Gasteiger partial charge in [-0.15, -0.1) is 0 Å². The number of halogens is 1. The van der Waals surface area contributed by atoms with Crippen molar-refractivity contribution in [1.82, 2.24) is 15.0 Å². The molecule has 1 aromatic carbocycles. The zero-order valence-corrected chi connectivity index (χ0v) is 14.3. The van der Waals surface area contributed by atoms with E-state index in [1.807, 2.05) is 19.1 Å². The Morgan fingerprint density at radius 2 is 1.84 bits per heavy atom. The lowest BCUT2D eigenvalue weighted by atomic mass is 10.2. The summed E-state index contributed by atoms with van der Waals surface area (Å²) in [5.74, 6) is 0.165. The Morgan fingerprint density at radius 3 is 2.56 bits per heavy atom. The van der Waals surface area contributed by atoms with Gasteiger partial charge in [0, 0.05) is 42.0 Å². The zero-order valence-electron chi connectivity index (χ0n) is 13.5. The highest BCUT2D eigenvalue weighted by Gasteiger charge is 2.10. The standard InChI is InChI=1S/C18H16ClN5O/c1-12-15(19)3-2-4-16(12)24-17(25)14-10-22-18(23-11-14)21-9-13-5-7-20-8-6-13/h2-8,10-11H,9H2,1H3,(H,24,25)(H,21,22,23). The minimum absolute atomic E-state index is 0.286. The monoisotopic (exact) mass is 353 g/mol. The highest BCUT2D eigenvalue weighted by Crippen LogP contribution is 2.23. The van der Waals surface area contributed by atoms with Gasteiger partial charge in [-0.25, -0.2) is 9.97 Å². The maximum atomic E-state index is 12.3. The fraction of sp³-hybridized carbons (Fsp3) is 0.111. The smallest absolute Gasteiger partial charge is 0.258 e. The number of anilines is 2. The molecule has 1 amide bonds. The first-order valence-corrected chi connectivity index (χ1v) is 8.02. The number of pyridine rings is 1. The van der Waals surface area contributed by atoms with Crippen LogP contribution in [0.5, 0.6) is 0 Å². The van der Waals surface area contributed by atoms with Crippen molar-refractivity contribution < 1.29 is 4.79 Å². The molecule has 2 N–H and O–H groups in total. The van der Waals surface area contributed by atoms with Crippen LogP contribution >= 0.6 is 11.6 Å². The molecule has 7 heteroatoms. The van der Waals surface area contributed by atoms with E-state index < -0.39 is 0 Å². The molecule has 25 heavy (non-hydrogen) atoms. The van der Waals surface area contributed by atoms with Gasteiger partial charge in [-0.3, -0.25) is 9.78 Å². The molecule has 2 heterocycles. The fourth-order valence-electron chi connectivity index (χ4n) is 2.16. The summed E-state index contributed by atoms with van der Waals surface area (Å²) in [6.45, 7) is 2.43. The lowest BCUT2D eigenvalue weighted by molar-refractivity contribution is 0.102. The van der Waals surface area contributed by atoms with E-state index in [4.69, 9.17) is 11.6 Å². The number of rotatable bonds is 5. The number of amides is 1. The summed E-state index contributed by atoms with van der Waals surface area (Å²) in [4.78, 5) is 24.6. The Bertz CT molecular complexity index is 868. The topological polar surface area (TPSA) is 79.8 Å². The normalized spacial score (nSPS) is 10.3. The summed E-state index contributed by atoms with van der Waals surface area (Å²) >= 11 is 6.06. The lowest BCUT2D eigenvalue weighted by Gasteiger charge is -2.09. The summed E-state index contributed by atoms with van der Waals surface area (Å²) < 4.78 is 0. The van der Waals surface area contributed by atoms with Crippen molar-refractivity contribution in [2.75, 3.05) is 10.6 Å². The van der Waals surface area contributed by atoms with Crippen LogP contribution in [0.4, 0.5) is 11.6 Å². The van der Waals surface area contributed by atoms with E-state index in [1.54, 1.807) is 30.6 Å². The molecule has 0 radical (unpaired) electrons. The quantitative estimate of drug-likeness (QED) is 0.731. The van der Waals surface area contributed by atoms with Gasteiger partial charge in [0.05, 0.1) is 5.56 Å². The van der Waals surface area contributed by atoms with Crippen LogP contribution in [-0.2, 0) is 6.54 Å². The number of aromatic nitrogens is 3. The molecule has 0 atom stereocenters. The minimum Gasteiger partial charge on any atom is -0.350 e. The van der Waals surface area contributed by atoms with E-state index in [-0.39, 0.29) is 5.91 Å². The summed E-state index contributed by atoms with van der Waals surface area (Å²) in [6, 6.07) is 9.17. The molecule has 0 saturated heterocycles. The molecule has 0 aliphatic rings. The predicted molar refractivity (Wildman–Crippen MR) is 97.7 cm³/mol. The third-order valence-corrected chi connectivity index (χ3v) is 4.04. The van der Waals surface area contributed by atoms with Crippen molar-refractivity contribution in [1.29, 1.82) is 0 Å². The molecule has 3 aromatic rings. The van der Waals surface area contributed by atoms with Gasteiger partial charge in [0.2, 0.25) is 5.95 Å². The number of hydrogen-bond donors (Lipinski definition) is 2. The first-order valence-electron chi connectivity index (χ1n) is 7.65. The summed E-state index contributed by atoms with van der Waals surface area (Å²) in [5.41, 5.74) is 2.91. The third kappa shape index (κ3) is 4.30. The van der Waals surface area contributed by atoms with Crippen LogP contribution in [0, 0.1) is 6.92 Å². The Labute approximate surface area is 150 Å². The van der Waals surface area contributed by atoms with Crippen LogP contribution in [-0.4, -0.2) is 20.9 Å². The van der Waals surface area contributed by atoms with E-state index in [1.165, 1.54) is 12.4 Å². The Hall–Kier alpha value is -2.99. The van der Waals surface area contributed by atoms with Crippen molar-refractivity contribution in [2.24, 2.45) is 0 Å². The van der Waals surface area contributed by atoms with Gasteiger partial charge >= 0.3 is 0 Å². The van der Waals surface area contributed by atoms with E-state index >= 15 is 0 Å². The maximum absolute atomic E-state index is 12.3. The van der Waals surface area contributed by atoms with Gasteiger partial charge in [0.1, 0.15) is 0 Å². The molecule has 0 unspecified atom stereocenters. The Kier molecular flexibility index (Phi) is 5.20. The molecule has 2 aromatic heterocycles. The number of hydrogen-bond acceptors (Lipinski definition) is 5. The second kappa shape index (κ2) is 7.72. The van der Waals surface area contributed by atoms with Crippen LogP contribution in [0.15, 0.2) is 55.1 Å². The predicted octanol–water partition coefficient (Wildman–Crippen LogP) is 3.70. The summed E-state index contributed by atoms with van der Waals surface area (Å²) in [6.07, 6.45) is 6.42. The van der Waals surface area contributed by atoms with Gasteiger partial charge in [0.15, 0.2) is 0 Å².